The molecule has 20 heavy (non-hydrogen) atoms. The first-order valence-electron chi connectivity index (χ1n) is 7.53. The van der Waals surface area contributed by atoms with E-state index in [-0.39, 0.29) is 0 Å². The summed E-state index contributed by atoms with van der Waals surface area (Å²) in [5.41, 5.74) is 8.07. The molecule has 0 radical (unpaired) electrons. The van der Waals surface area contributed by atoms with Crippen molar-refractivity contribution in [1.29, 1.82) is 0 Å². The Labute approximate surface area is 121 Å². The second kappa shape index (κ2) is 7.41. The summed E-state index contributed by atoms with van der Waals surface area (Å²) in [6.45, 7) is 8.27. The molecule has 0 saturated carbocycles. The van der Waals surface area contributed by atoms with Gasteiger partial charge in [0.25, 0.3) is 0 Å². The Morgan fingerprint density at radius 3 is 2.85 bits per heavy atom. The zero-order chi connectivity index (χ0) is 14.4. The molecule has 0 fully saturated rings. The van der Waals surface area contributed by atoms with Crippen LogP contribution >= 0.6 is 0 Å². The van der Waals surface area contributed by atoms with Gasteiger partial charge in [-0.25, -0.2) is 4.98 Å². The summed E-state index contributed by atoms with van der Waals surface area (Å²) < 4.78 is 2.22. The largest absolute Gasteiger partial charge is 0.331 e. The van der Waals surface area contributed by atoms with Crippen molar-refractivity contribution in [3.8, 4) is 0 Å². The highest BCUT2D eigenvalue weighted by molar-refractivity contribution is 5.74. The van der Waals surface area contributed by atoms with E-state index in [1.54, 1.807) is 0 Å². The molecule has 0 bridgehead atoms. The molecule has 110 valence electrons. The fourth-order valence-electron chi connectivity index (χ4n) is 2.44. The number of para-hydroxylation sites is 2. The van der Waals surface area contributed by atoms with Crippen LogP contribution in [0.4, 0.5) is 0 Å². The van der Waals surface area contributed by atoms with Crippen molar-refractivity contribution in [3.05, 3.63) is 30.6 Å². The fourth-order valence-corrected chi connectivity index (χ4v) is 2.44. The van der Waals surface area contributed by atoms with Gasteiger partial charge in [0.2, 0.25) is 0 Å². The molecular formula is C16H26N4. The Hall–Kier alpha value is -1.39. The maximum absolute atomic E-state index is 5.78. The lowest BCUT2D eigenvalue weighted by Crippen LogP contribution is -2.32. The van der Waals surface area contributed by atoms with Gasteiger partial charge in [0.15, 0.2) is 0 Å². The highest BCUT2D eigenvalue weighted by Gasteiger charge is 2.10. The summed E-state index contributed by atoms with van der Waals surface area (Å²) in [7, 11) is 0. The summed E-state index contributed by atoms with van der Waals surface area (Å²) in [6, 6.07) is 8.27. The monoisotopic (exact) mass is 274 g/mol. The average Bonchev–Trinajstić information content (AvgIpc) is 2.86. The van der Waals surface area contributed by atoms with Crippen molar-refractivity contribution in [3.63, 3.8) is 0 Å². The van der Waals surface area contributed by atoms with Gasteiger partial charge < -0.3 is 15.6 Å². The fraction of sp³-hybridized carbons (Fsp3) is 0.562. The molecule has 0 aliphatic rings. The molecule has 2 rings (SSSR count). The molecule has 4 heteroatoms. The zero-order valence-electron chi connectivity index (χ0n) is 12.5. The highest BCUT2D eigenvalue weighted by Crippen LogP contribution is 2.12. The number of nitrogens with zero attached hydrogens (tertiary/aromatic N) is 2. The Morgan fingerprint density at radius 1 is 1.30 bits per heavy atom. The number of hydrogen-bond donors (Lipinski definition) is 2. The Bertz CT molecular complexity index is 518. The molecule has 1 unspecified atom stereocenters. The zero-order valence-corrected chi connectivity index (χ0v) is 12.5. The first-order valence-corrected chi connectivity index (χ1v) is 7.53. The smallest absolute Gasteiger partial charge is 0.0958 e. The molecule has 2 aromatic rings. The van der Waals surface area contributed by atoms with Crippen molar-refractivity contribution in [2.75, 3.05) is 19.6 Å². The number of nitrogens with one attached hydrogen (secondary N) is 1. The van der Waals surface area contributed by atoms with Gasteiger partial charge in [-0.05, 0) is 50.0 Å². The first kappa shape index (κ1) is 15.0. The van der Waals surface area contributed by atoms with E-state index in [2.05, 4.69) is 46.9 Å². The van der Waals surface area contributed by atoms with E-state index in [1.807, 2.05) is 12.4 Å². The van der Waals surface area contributed by atoms with Crippen molar-refractivity contribution >= 4 is 11.0 Å². The van der Waals surface area contributed by atoms with Crippen LogP contribution in [-0.4, -0.2) is 29.2 Å². The highest BCUT2D eigenvalue weighted by atomic mass is 15.0. The van der Waals surface area contributed by atoms with Crippen LogP contribution in [0.1, 0.15) is 20.3 Å². The Balaban J connectivity index is 1.74. The third kappa shape index (κ3) is 3.81. The molecule has 3 N–H and O–H groups in total. The van der Waals surface area contributed by atoms with Gasteiger partial charge in [-0.15, -0.1) is 0 Å². The summed E-state index contributed by atoms with van der Waals surface area (Å²) in [4.78, 5) is 4.41. The minimum Gasteiger partial charge on any atom is -0.331 e. The summed E-state index contributed by atoms with van der Waals surface area (Å²) in [5.74, 6) is 1.22. The van der Waals surface area contributed by atoms with Crippen LogP contribution < -0.4 is 11.1 Å². The van der Waals surface area contributed by atoms with Gasteiger partial charge in [0, 0.05) is 6.54 Å². The molecule has 0 amide bonds. The molecule has 1 aromatic heterocycles. The minimum atomic E-state index is 0.573. The lowest BCUT2D eigenvalue weighted by atomic mass is 9.96. The van der Waals surface area contributed by atoms with Crippen molar-refractivity contribution in [1.82, 2.24) is 14.9 Å². The van der Waals surface area contributed by atoms with Gasteiger partial charge in [0.05, 0.1) is 17.4 Å². The average molecular weight is 274 g/mol. The molecule has 0 saturated heterocycles. The van der Waals surface area contributed by atoms with E-state index in [4.69, 9.17) is 5.73 Å². The normalized spacial score (nSPS) is 13.2. The lowest BCUT2D eigenvalue weighted by Gasteiger charge is -2.19. The van der Waals surface area contributed by atoms with Gasteiger partial charge in [-0.1, -0.05) is 26.0 Å². The number of nitrogens with two attached hydrogens (primary N) is 1. The third-order valence-electron chi connectivity index (χ3n) is 3.93. The minimum absolute atomic E-state index is 0.573. The summed E-state index contributed by atoms with van der Waals surface area (Å²) >= 11 is 0. The Kier molecular flexibility index (Phi) is 5.56. The van der Waals surface area contributed by atoms with E-state index < -0.39 is 0 Å². The Morgan fingerprint density at radius 2 is 2.10 bits per heavy atom. The SMILES string of the molecule is CC(C)C(CN)CNCCCn1cnc2ccccc21. The summed E-state index contributed by atoms with van der Waals surface area (Å²) in [6.07, 6.45) is 3.04. The van der Waals surface area contributed by atoms with Crippen LogP contribution in [-0.2, 0) is 6.54 Å². The molecular weight excluding hydrogens is 248 g/mol. The summed E-state index contributed by atoms with van der Waals surface area (Å²) in [5, 5.41) is 3.51. The molecule has 0 aliphatic carbocycles. The standard InChI is InChI=1S/C16H26N4/c1-13(2)14(10-17)11-18-8-5-9-20-12-19-15-6-3-4-7-16(15)20/h3-4,6-7,12-14,18H,5,8-11,17H2,1-2H3. The van der Waals surface area contributed by atoms with E-state index in [0.29, 0.717) is 11.8 Å². The van der Waals surface area contributed by atoms with Gasteiger partial charge in [0.1, 0.15) is 0 Å². The number of aryl methyl sites for hydroxylation is 1. The number of hydrogen-bond acceptors (Lipinski definition) is 3. The lowest BCUT2D eigenvalue weighted by molar-refractivity contribution is 0.369. The van der Waals surface area contributed by atoms with Crippen LogP contribution in [0.25, 0.3) is 11.0 Å². The predicted octanol–water partition coefficient (Wildman–Crippen LogP) is 2.25. The molecule has 0 spiro atoms. The molecule has 0 aliphatic heterocycles. The third-order valence-corrected chi connectivity index (χ3v) is 3.93. The number of fused-ring (bicyclic) bond motifs is 1. The number of benzene rings is 1. The van der Waals surface area contributed by atoms with E-state index in [9.17, 15) is 0 Å². The molecule has 1 atom stereocenters. The second-order valence-corrected chi connectivity index (χ2v) is 5.72. The van der Waals surface area contributed by atoms with Crippen molar-refractivity contribution in [2.24, 2.45) is 17.6 Å². The first-order chi connectivity index (χ1) is 9.72. The van der Waals surface area contributed by atoms with Crippen molar-refractivity contribution in [2.45, 2.75) is 26.8 Å². The van der Waals surface area contributed by atoms with Gasteiger partial charge >= 0.3 is 0 Å². The van der Waals surface area contributed by atoms with Crippen LogP contribution in [0.3, 0.4) is 0 Å². The number of imidazole rings is 1. The van der Waals surface area contributed by atoms with E-state index >= 15 is 0 Å². The van der Waals surface area contributed by atoms with E-state index in [1.165, 1.54) is 5.52 Å². The quantitative estimate of drug-likeness (QED) is 0.726. The molecule has 1 aromatic carbocycles. The maximum Gasteiger partial charge on any atom is 0.0958 e. The van der Waals surface area contributed by atoms with Crippen LogP contribution in [0, 0.1) is 11.8 Å². The number of rotatable bonds is 8. The maximum atomic E-state index is 5.78. The van der Waals surface area contributed by atoms with Crippen molar-refractivity contribution < 1.29 is 0 Å². The molecule has 4 nitrogen and oxygen atoms in total. The van der Waals surface area contributed by atoms with Crippen LogP contribution in [0.2, 0.25) is 0 Å². The topological polar surface area (TPSA) is 55.9 Å². The molecule has 1 heterocycles. The van der Waals surface area contributed by atoms with Crippen LogP contribution in [0.5, 0.6) is 0 Å². The number of aromatic nitrogens is 2. The van der Waals surface area contributed by atoms with Gasteiger partial charge in [-0.2, -0.15) is 0 Å². The van der Waals surface area contributed by atoms with E-state index in [0.717, 1.165) is 38.1 Å². The van der Waals surface area contributed by atoms with Gasteiger partial charge in [-0.3, -0.25) is 0 Å². The van der Waals surface area contributed by atoms with Crippen LogP contribution in [0.15, 0.2) is 30.6 Å². The second-order valence-electron chi connectivity index (χ2n) is 5.72. The predicted molar refractivity (Wildman–Crippen MR) is 84.6 cm³/mol.